The number of phenolic OH excluding ortho intramolecular Hbond substituents is 2. The predicted octanol–water partition coefficient (Wildman–Crippen LogP) is 3.10. The molecule has 0 saturated carbocycles. The second-order valence-electron chi connectivity index (χ2n) is 4.67. The third-order valence-electron chi connectivity index (χ3n) is 3.41. The number of nitrogens with zero attached hydrogens (tertiary/aromatic N) is 1. The summed E-state index contributed by atoms with van der Waals surface area (Å²) in [7, 11) is 1.58. The fraction of sp³-hybridized carbons (Fsp3) is 0.125. The van der Waals surface area contributed by atoms with E-state index in [4.69, 9.17) is 4.74 Å². The number of hydrogen-bond donors (Lipinski definition) is 2. The number of rotatable bonds is 2. The van der Waals surface area contributed by atoms with Crippen molar-refractivity contribution in [1.82, 2.24) is 0 Å². The number of phenols is 2. The van der Waals surface area contributed by atoms with Crippen LogP contribution in [0.15, 0.2) is 42.6 Å². The molecule has 0 spiro atoms. The van der Waals surface area contributed by atoms with Gasteiger partial charge in [0.15, 0.2) is 0 Å². The summed E-state index contributed by atoms with van der Waals surface area (Å²) in [6.45, 7) is 0.576. The van der Waals surface area contributed by atoms with E-state index in [0.29, 0.717) is 12.3 Å². The van der Waals surface area contributed by atoms with Gasteiger partial charge in [0, 0.05) is 23.5 Å². The Morgan fingerprint density at radius 1 is 1.10 bits per heavy atom. The first kappa shape index (κ1) is 12.4. The van der Waals surface area contributed by atoms with Crippen molar-refractivity contribution < 1.29 is 14.9 Å². The van der Waals surface area contributed by atoms with Gasteiger partial charge in [-0.1, -0.05) is 0 Å². The average Bonchev–Trinajstić information content (AvgIpc) is 2.47. The molecule has 0 radical (unpaired) electrons. The van der Waals surface area contributed by atoms with Crippen LogP contribution in [-0.4, -0.2) is 17.3 Å². The first-order chi connectivity index (χ1) is 9.67. The van der Waals surface area contributed by atoms with Crippen LogP contribution in [0, 0.1) is 0 Å². The highest BCUT2D eigenvalue weighted by Gasteiger charge is 2.17. The van der Waals surface area contributed by atoms with Gasteiger partial charge in [-0.3, -0.25) is 0 Å². The Labute approximate surface area is 117 Å². The number of anilines is 1. The third kappa shape index (κ3) is 2.16. The van der Waals surface area contributed by atoms with Crippen molar-refractivity contribution in [2.75, 3.05) is 12.0 Å². The molecule has 4 heteroatoms. The van der Waals surface area contributed by atoms with Crippen LogP contribution in [0.25, 0.3) is 6.08 Å². The lowest BCUT2D eigenvalue weighted by atomic mass is 10.0. The lowest BCUT2D eigenvalue weighted by molar-refractivity contribution is 0.406. The van der Waals surface area contributed by atoms with Gasteiger partial charge >= 0.3 is 0 Å². The summed E-state index contributed by atoms with van der Waals surface area (Å²) in [5.41, 5.74) is 2.78. The first-order valence-electron chi connectivity index (χ1n) is 6.31. The van der Waals surface area contributed by atoms with Gasteiger partial charge in [0.25, 0.3) is 0 Å². The van der Waals surface area contributed by atoms with Gasteiger partial charge in [-0.2, -0.15) is 0 Å². The van der Waals surface area contributed by atoms with E-state index in [2.05, 4.69) is 0 Å². The number of benzene rings is 2. The molecule has 0 saturated heterocycles. The number of hydrogen-bond acceptors (Lipinski definition) is 4. The summed E-state index contributed by atoms with van der Waals surface area (Å²) in [5.74, 6) is 1.11. The molecule has 0 fully saturated rings. The lowest BCUT2D eigenvalue weighted by Gasteiger charge is -2.26. The molecule has 0 aromatic heterocycles. The standard InChI is InChI=1S/C16H15NO3/c1-20-14-8-11-6-7-17(10-15(11)16(19)9-14)12-2-4-13(18)5-3-12/h2-9,18-19H,10H2,1H3. The van der Waals surface area contributed by atoms with Gasteiger partial charge in [0.05, 0.1) is 13.7 Å². The first-order valence-corrected chi connectivity index (χ1v) is 6.31. The molecular formula is C16H15NO3. The van der Waals surface area contributed by atoms with Gasteiger partial charge in [-0.05, 0) is 42.0 Å². The Morgan fingerprint density at radius 3 is 2.55 bits per heavy atom. The van der Waals surface area contributed by atoms with Gasteiger partial charge in [-0.25, -0.2) is 0 Å². The number of fused-ring (bicyclic) bond motifs is 1. The largest absolute Gasteiger partial charge is 0.508 e. The molecule has 102 valence electrons. The highest BCUT2D eigenvalue weighted by atomic mass is 16.5. The van der Waals surface area contributed by atoms with Crippen molar-refractivity contribution in [2.24, 2.45) is 0 Å². The molecule has 1 aliphatic rings. The lowest BCUT2D eigenvalue weighted by Crippen LogP contribution is -2.19. The van der Waals surface area contributed by atoms with E-state index in [0.717, 1.165) is 16.8 Å². The highest BCUT2D eigenvalue weighted by Crippen LogP contribution is 2.34. The van der Waals surface area contributed by atoms with Crippen molar-refractivity contribution >= 4 is 11.8 Å². The molecule has 0 bridgehead atoms. The van der Waals surface area contributed by atoms with E-state index < -0.39 is 0 Å². The molecule has 0 aliphatic carbocycles. The minimum atomic E-state index is 0.229. The van der Waals surface area contributed by atoms with E-state index in [9.17, 15) is 10.2 Å². The van der Waals surface area contributed by atoms with Crippen LogP contribution in [-0.2, 0) is 6.54 Å². The topological polar surface area (TPSA) is 52.9 Å². The minimum absolute atomic E-state index is 0.229. The Balaban J connectivity index is 1.95. The van der Waals surface area contributed by atoms with E-state index in [1.165, 1.54) is 0 Å². The molecule has 2 aromatic rings. The third-order valence-corrected chi connectivity index (χ3v) is 3.41. The van der Waals surface area contributed by atoms with Crippen LogP contribution in [0.4, 0.5) is 5.69 Å². The number of methoxy groups -OCH3 is 1. The Hall–Kier alpha value is -2.62. The molecule has 2 N–H and O–H groups in total. The summed E-state index contributed by atoms with van der Waals surface area (Å²) < 4.78 is 5.15. The average molecular weight is 269 g/mol. The van der Waals surface area contributed by atoms with Crippen LogP contribution in [0.5, 0.6) is 17.2 Å². The van der Waals surface area contributed by atoms with Crippen molar-refractivity contribution in [3.05, 3.63) is 53.7 Å². The maximum atomic E-state index is 10.1. The monoisotopic (exact) mass is 269 g/mol. The Morgan fingerprint density at radius 2 is 1.85 bits per heavy atom. The molecule has 3 rings (SSSR count). The molecule has 20 heavy (non-hydrogen) atoms. The van der Waals surface area contributed by atoms with Crippen LogP contribution < -0.4 is 9.64 Å². The van der Waals surface area contributed by atoms with E-state index in [1.54, 1.807) is 25.3 Å². The normalized spacial score (nSPS) is 13.2. The van der Waals surface area contributed by atoms with Gasteiger partial charge in [-0.15, -0.1) is 0 Å². The molecule has 1 heterocycles. The smallest absolute Gasteiger partial charge is 0.124 e. The van der Waals surface area contributed by atoms with Gasteiger partial charge in [0.1, 0.15) is 17.2 Å². The van der Waals surface area contributed by atoms with Crippen molar-refractivity contribution in [3.63, 3.8) is 0 Å². The van der Waals surface area contributed by atoms with Crippen LogP contribution >= 0.6 is 0 Å². The fourth-order valence-corrected chi connectivity index (χ4v) is 2.31. The van der Waals surface area contributed by atoms with E-state index >= 15 is 0 Å². The Kier molecular flexibility index (Phi) is 2.99. The predicted molar refractivity (Wildman–Crippen MR) is 78.0 cm³/mol. The van der Waals surface area contributed by atoms with Crippen molar-refractivity contribution in [1.29, 1.82) is 0 Å². The number of ether oxygens (including phenoxy) is 1. The summed E-state index contributed by atoms with van der Waals surface area (Å²) in [4.78, 5) is 2.01. The quantitative estimate of drug-likeness (QED) is 0.879. The van der Waals surface area contributed by atoms with E-state index in [1.807, 2.05) is 35.4 Å². The SMILES string of the molecule is COc1cc(O)c2c(c1)C=CN(c1ccc(O)cc1)C2. The Bertz CT molecular complexity index is 662. The zero-order valence-electron chi connectivity index (χ0n) is 11.1. The van der Waals surface area contributed by atoms with Crippen LogP contribution in [0.3, 0.4) is 0 Å². The fourth-order valence-electron chi connectivity index (χ4n) is 2.31. The zero-order valence-corrected chi connectivity index (χ0v) is 11.1. The summed E-state index contributed by atoms with van der Waals surface area (Å²) in [6.07, 6.45) is 3.89. The van der Waals surface area contributed by atoms with Gasteiger partial charge in [0.2, 0.25) is 0 Å². The van der Waals surface area contributed by atoms with Crippen LogP contribution in [0.1, 0.15) is 11.1 Å². The maximum absolute atomic E-state index is 10.1. The molecule has 2 aromatic carbocycles. The zero-order chi connectivity index (χ0) is 14.1. The molecule has 0 atom stereocenters. The number of aromatic hydroxyl groups is 2. The summed E-state index contributed by atoms with van der Waals surface area (Å²) in [5, 5.41) is 19.4. The second kappa shape index (κ2) is 4.81. The molecule has 1 aliphatic heterocycles. The van der Waals surface area contributed by atoms with Crippen molar-refractivity contribution in [2.45, 2.75) is 6.54 Å². The molecule has 0 unspecified atom stereocenters. The maximum Gasteiger partial charge on any atom is 0.124 e. The highest BCUT2D eigenvalue weighted by molar-refractivity contribution is 5.68. The summed E-state index contributed by atoms with van der Waals surface area (Å²) in [6, 6.07) is 10.5. The minimum Gasteiger partial charge on any atom is -0.508 e. The van der Waals surface area contributed by atoms with Crippen LogP contribution in [0.2, 0.25) is 0 Å². The van der Waals surface area contributed by atoms with E-state index in [-0.39, 0.29) is 11.5 Å². The second-order valence-corrected chi connectivity index (χ2v) is 4.67. The van der Waals surface area contributed by atoms with Crippen molar-refractivity contribution in [3.8, 4) is 17.2 Å². The molecule has 0 amide bonds. The molecule has 4 nitrogen and oxygen atoms in total. The molecular weight excluding hydrogens is 254 g/mol. The summed E-state index contributed by atoms with van der Waals surface area (Å²) >= 11 is 0. The van der Waals surface area contributed by atoms with Gasteiger partial charge < -0.3 is 19.8 Å².